The predicted octanol–water partition coefficient (Wildman–Crippen LogP) is 0.701. The van der Waals surface area contributed by atoms with E-state index in [0.29, 0.717) is 6.54 Å². The first-order chi connectivity index (χ1) is 7.65. The van der Waals surface area contributed by atoms with Gasteiger partial charge in [0.2, 0.25) is 5.91 Å². The lowest BCUT2D eigenvalue weighted by molar-refractivity contribution is -0.119. The van der Waals surface area contributed by atoms with Gasteiger partial charge in [0.25, 0.3) is 0 Å². The van der Waals surface area contributed by atoms with Gasteiger partial charge in [0, 0.05) is 6.54 Å². The van der Waals surface area contributed by atoms with Gasteiger partial charge in [-0.25, -0.2) is 0 Å². The zero-order chi connectivity index (χ0) is 12.0. The number of carbonyl (C=O) groups excluding carboxylic acids is 1. The lowest BCUT2D eigenvalue weighted by atomic mass is 10.1. The van der Waals surface area contributed by atoms with Crippen molar-refractivity contribution in [1.29, 1.82) is 0 Å². The van der Waals surface area contributed by atoms with E-state index < -0.39 is 0 Å². The van der Waals surface area contributed by atoms with Crippen LogP contribution >= 0.6 is 0 Å². The van der Waals surface area contributed by atoms with Crippen LogP contribution in [0.15, 0.2) is 24.3 Å². The van der Waals surface area contributed by atoms with Gasteiger partial charge in [0.05, 0.1) is 13.2 Å². The van der Waals surface area contributed by atoms with E-state index >= 15 is 0 Å². The van der Waals surface area contributed by atoms with E-state index in [4.69, 9.17) is 10.5 Å². The number of carbonyl (C=O) groups is 1. The zero-order valence-corrected chi connectivity index (χ0v) is 9.69. The van der Waals surface area contributed by atoms with Crippen LogP contribution in [0.4, 0.5) is 0 Å². The molecule has 1 aromatic rings. The highest BCUT2D eigenvalue weighted by atomic mass is 16.5. The number of ether oxygens (including phenoxy) is 1. The Morgan fingerprint density at radius 3 is 2.81 bits per heavy atom. The van der Waals surface area contributed by atoms with Crippen LogP contribution in [-0.2, 0) is 11.2 Å². The molecule has 0 aliphatic carbocycles. The Balaban J connectivity index is 2.45. The Bertz CT molecular complexity index is 353. The number of hydrogen-bond acceptors (Lipinski definition) is 3. The summed E-state index contributed by atoms with van der Waals surface area (Å²) in [5, 5.41) is 3.05. The lowest BCUT2D eigenvalue weighted by Gasteiger charge is -2.11. The highest BCUT2D eigenvalue weighted by Crippen LogP contribution is 2.17. The number of rotatable bonds is 6. The summed E-state index contributed by atoms with van der Waals surface area (Å²) in [6, 6.07) is 7.54. The Kier molecular flexibility index (Phi) is 4.79. The van der Waals surface area contributed by atoms with Crippen molar-refractivity contribution < 1.29 is 9.53 Å². The highest BCUT2D eigenvalue weighted by Gasteiger charge is 2.07. The van der Waals surface area contributed by atoms with Gasteiger partial charge in [-0.3, -0.25) is 4.79 Å². The summed E-state index contributed by atoms with van der Waals surface area (Å²) < 4.78 is 5.23. The summed E-state index contributed by atoms with van der Waals surface area (Å²) in [6.45, 7) is 2.45. The number of benzene rings is 1. The van der Waals surface area contributed by atoms with Gasteiger partial charge in [-0.15, -0.1) is 0 Å². The largest absolute Gasteiger partial charge is 0.496 e. The molecule has 0 bridgehead atoms. The Hall–Kier alpha value is -1.55. The minimum Gasteiger partial charge on any atom is -0.496 e. The summed E-state index contributed by atoms with van der Waals surface area (Å²) in [7, 11) is 1.65. The number of hydrogen-bond donors (Lipinski definition) is 2. The van der Waals surface area contributed by atoms with Crippen LogP contribution in [0.5, 0.6) is 5.75 Å². The third-order valence-electron chi connectivity index (χ3n) is 2.46. The Morgan fingerprint density at radius 1 is 1.50 bits per heavy atom. The van der Waals surface area contributed by atoms with Gasteiger partial charge in [-0.05, 0) is 25.0 Å². The van der Waals surface area contributed by atoms with E-state index in [-0.39, 0.29) is 11.9 Å². The third-order valence-corrected chi connectivity index (χ3v) is 2.46. The molecule has 0 fully saturated rings. The van der Waals surface area contributed by atoms with Crippen LogP contribution in [0.3, 0.4) is 0 Å². The maximum atomic E-state index is 10.8. The first-order valence-corrected chi connectivity index (χ1v) is 5.29. The predicted molar refractivity (Wildman–Crippen MR) is 63.4 cm³/mol. The molecule has 1 aromatic carbocycles. The molecule has 3 N–H and O–H groups in total. The lowest BCUT2D eigenvalue weighted by Crippen LogP contribution is -2.39. The van der Waals surface area contributed by atoms with Gasteiger partial charge in [-0.2, -0.15) is 0 Å². The van der Waals surface area contributed by atoms with E-state index in [1.165, 1.54) is 0 Å². The maximum absolute atomic E-state index is 10.8. The van der Waals surface area contributed by atoms with E-state index in [2.05, 4.69) is 5.32 Å². The maximum Gasteiger partial charge on any atom is 0.234 e. The molecule has 1 rings (SSSR count). The molecule has 0 aliphatic rings. The number of nitrogens with one attached hydrogen (secondary N) is 1. The molecule has 1 unspecified atom stereocenters. The number of methoxy groups -OCH3 is 1. The van der Waals surface area contributed by atoms with Crippen molar-refractivity contribution in [1.82, 2.24) is 5.32 Å². The van der Waals surface area contributed by atoms with Gasteiger partial charge < -0.3 is 15.8 Å². The number of para-hydroxylation sites is 1. The quantitative estimate of drug-likeness (QED) is 0.744. The van der Waals surface area contributed by atoms with E-state index in [9.17, 15) is 4.79 Å². The van der Waals surface area contributed by atoms with Crippen LogP contribution in [0.2, 0.25) is 0 Å². The van der Waals surface area contributed by atoms with Crippen molar-refractivity contribution in [3.8, 4) is 5.75 Å². The van der Waals surface area contributed by atoms with Gasteiger partial charge in [0.1, 0.15) is 5.75 Å². The molecule has 0 aliphatic heterocycles. The SMILES string of the molecule is COc1ccccc1CCNC(C)C(N)=O. The molecular weight excluding hydrogens is 204 g/mol. The number of primary amides is 1. The fraction of sp³-hybridized carbons (Fsp3) is 0.417. The normalized spacial score (nSPS) is 12.1. The zero-order valence-electron chi connectivity index (χ0n) is 9.69. The Morgan fingerprint density at radius 2 is 2.19 bits per heavy atom. The third kappa shape index (κ3) is 3.55. The molecular formula is C12H18N2O2. The average Bonchev–Trinajstić information content (AvgIpc) is 2.29. The van der Waals surface area contributed by atoms with Crippen LogP contribution < -0.4 is 15.8 Å². The van der Waals surface area contributed by atoms with Gasteiger partial charge in [0.15, 0.2) is 0 Å². The van der Waals surface area contributed by atoms with Crippen molar-refractivity contribution in [2.75, 3.05) is 13.7 Å². The summed E-state index contributed by atoms with van der Waals surface area (Å²) in [5.41, 5.74) is 6.26. The highest BCUT2D eigenvalue weighted by molar-refractivity contribution is 5.79. The first kappa shape index (κ1) is 12.5. The molecule has 0 radical (unpaired) electrons. The van der Waals surface area contributed by atoms with Crippen molar-refractivity contribution in [2.45, 2.75) is 19.4 Å². The second kappa shape index (κ2) is 6.12. The number of amides is 1. The summed E-state index contributed by atoms with van der Waals surface area (Å²) in [4.78, 5) is 10.8. The minimum atomic E-state index is -0.333. The van der Waals surface area contributed by atoms with E-state index in [1.807, 2.05) is 24.3 Å². The van der Waals surface area contributed by atoms with Crippen molar-refractivity contribution >= 4 is 5.91 Å². The smallest absolute Gasteiger partial charge is 0.234 e. The second-order valence-electron chi connectivity index (χ2n) is 3.64. The van der Waals surface area contributed by atoms with Crippen LogP contribution in [0, 0.1) is 0 Å². The molecule has 1 atom stereocenters. The Labute approximate surface area is 95.8 Å². The van der Waals surface area contributed by atoms with Crippen LogP contribution in [-0.4, -0.2) is 25.6 Å². The summed E-state index contributed by atoms with van der Waals surface area (Å²) in [6.07, 6.45) is 0.807. The van der Waals surface area contributed by atoms with E-state index in [0.717, 1.165) is 17.7 Å². The minimum absolute atomic E-state index is 0.297. The molecule has 0 aromatic heterocycles. The average molecular weight is 222 g/mol. The monoisotopic (exact) mass is 222 g/mol. The molecule has 16 heavy (non-hydrogen) atoms. The molecule has 0 spiro atoms. The topological polar surface area (TPSA) is 64.3 Å². The molecule has 0 saturated carbocycles. The molecule has 88 valence electrons. The standard InChI is InChI=1S/C12H18N2O2/c1-9(12(13)15)14-8-7-10-5-3-4-6-11(10)16-2/h3-6,9,14H,7-8H2,1-2H3,(H2,13,15). The second-order valence-corrected chi connectivity index (χ2v) is 3.64. The fourth-order valence-corrected chi connectivity index (χ4v) is 1.43. The van der Waals surface area contributed by atoms with E-state index in [1.54, 1.807) is 14.0 Å². The summed E-state index contributed by atoms with van der Waals surface area (Å²) >= 11 is 0. The molecule has 4 nitrogen and oxygen atoms in total. The fourth-order valence-electron chi connectivity index (χ4n) is 1.43. The molecule has 0 saturated heterocycles. The summed E-state index contributed by atoms with van der Waals surface area (Å²) in [5.74, 6) is 0.538. The van der Waals surface area contributed by atoms with Crippen molar-refractivity contribution in [2.24, 2.45) is 5.73 Å². The number of nitrogens with two attached hydrogens (primary N) is 1. The van der Waals surface area contributed by atoms with Gasteiger partial charge in [-0.1, -0.05) is 18.2 Å². The van der Waals surface area contributed by atoms with Crippen molar-refractivity contribution in [3.05, 3.63) is 29.8 Å². The van der Waals surface area contributed by atoms with Gasteiger partial charge >= 0.3 is 0 Å². The van der Waals surface area contributed by atoms with Crippen LogP contribution in [0.1, 0.15) is 12.5 Å². The van der Waals surface area contributed by atoms with Crippen molar-refractivity contribution in [3.63, 3.8) is 0 Å². The molecule has 1 amide bonds. The van der Waals surface area contributed by atoms with Crippen LogP contribution in [0.25, 0.3) is 0 Å². The molecule has 0 heterocycles. The molecule has 4 heteroatoms. The first-order valence-electron chi connectivity index (χ1n) is 5.29.